The van der Waals surface area contributed by atoms with Gasteiger partial charge in [-0.25, -0.2) is 4.39 Å². The van der Waals surface area contributed by atoms with Gasteiger partial charge in [0.05, 0.1) is 5.37 Å². The minimum absolute atomic E-state index is 0.00164. The SMILES string of the molecule is CC(CCc1ccccc1)NC(=O)C1CSC(C2CCCCC2)N1C(=O)c1ccc(F)cc1. The zero-order chi connectivity index (χ0) is 23.2. The Bertz CT molecular complexity index is 931. The van der Waals surface area contributed by atoms with Crippen LogP contribution in [0.2, 0.25) is 0 Å². The van der Waals surface area contributed by atoms with Crippen molar-refractivity contribution in [3.63, 3.8) is 0 Å². The highest BCUT2D eigenvalue weighted by atomic mass is 32.2. The van der Waals surface area contributed by atoms with E-state index in [2.05, 4.69) is 17.4 Å². The van der Waals surface area contributed by atoms with Crippen molar-refractivity contribution in [2.24, 2.45) is 5.92 Å². The van der Waals surface area contributed by atoms with Crippen molar-refractivity contribution in [2.45, 2.75) is 69.3 Å². The van der Waals surface area contributed by atoms with Crippen molar-refractivity contribution < 1.29 is 14.0 Å². The van der Waals surface area contributed by atoms with Crippen molar-refractivity contribution in [1.82, 2.24) is 10.2 Å². The molecule has 4 nitrogen and oxygen atoms in total. The van der Waals surface area contributed by atoms with Crippen LogP contribution in [0, 0.1) is 11.7 Å². The fraction of sp³-hybridized carbons (Fsp3) is 0.481. The molecule has 1 N–H and O–H groups in total. The Morgan fingerprint density at radius 2 is 1.76 bits per heavy atom. The first kappa shape index (κ1) is 23.8. The van der Waals surface area contributed by atoms with E-state index in [1.54, 1.807) is 16.7 Å². The number of hydrogen-bond donors (Lipinski definition) is 1. The summed E-state index contributed by atoms with van der Waals surface area (Å²) < 4.78 is 13.4. The number of nitrogens with one attached hydrogen (secondary N) is 1. The number of nitrogens with zero attached hydrogens (tertiary/aromatic N) is 1. The molecule has 6 heteroatoms. The number of carbonyl (C=O) groups excluding carboxylic acids is 2. The van der Waals surface area contributed by atoms with E-state index in [-0.39, 0.29) is 29.0 Å². The van der Waals surface area contributed by atoms with E-state index in [4.69, 9.17) is 0 Å². The fourth-order valence-electron chi connectivity index (χ4n) is 4.95. The Morgan fingerprint density at radius 1 is 1.06 bits per heavy atom. The third-order valence-electron chi connectivity index (χ3n) is 6.81. The van der Waals surface area contributed by atoms with E-state index in [9.17, 15) is 14.0 Å². The number of hydrogen-bond acceptors (Lipinski definition) is 3. The summed E-state index contributed by atoms with van der Waals surface area (Å²) >= 11 is 1.73. The van der Waals surface area contributed by atoms with Gasteiger partial charge in [0.15, 0.2) is 0 Å². The van der Waals surface area contributed by atoms with Crippen molar-refractivity contribution >= 4 is 23.6 Å². The van der Waals surface area contributed by atoms with E-state index in [0.717, 1.165) is 25.7 Å². The lowest BCUT2D eigenvalue weighted by Crippen LogP contribution is -2.52. The molecule has 2 aromatic rings. The topological polar surface area (TPSA) is 49.4 Å². The molecule has 2 fully saturated rings. The minimum Gasteiger partial charge on any atom is -0.352 e. The maximum atomic E-state index is 13.5. The zero-order valence-electron chi connectivity index (χ0n) is 19.2. The van der Waals surface area contributed by atoms with Crippen molar-refractivity contribution in [1.29, 1.82) is 0 Å². The van der Waals surface area contributed by atoms with Gasteiger partial charge in [-0.3, -0.25) is 9.59 Å². The van der Waals surface area contributed by atoms with E-state index in [0.29, 0.717) is 17.2 Å². The molecular weight excluding hydrogens is 435 g/mol. The molecule has 1 saturated heterocycles. The smallest absolute Gasteiger partial charge is 0.255 e. The molecule has 2 aliphatic rings. The number of benzene rings is 2. The number of amides is 2. The van der Waals surface area contributed by atoms with Gasteiger partial charge < -0.3 is 10.2 Å². The lowest BCUT2D eigenvalue weighted by Gasteiger charge is -2.35. The normalized spacial score (nSPS) is 22.2. The molecule has 4 rings (SSSR count). The van der Waals surface area contributed by atoms with Crippen LogP contribution < -0.4 is 5.32 Å². The maximum Gasteiger partial charge on any atom is 0.255 e. The third kappa shape index (κ3) is 5.97. The van der Waals surface area contributed by atoms with Gasteiger partial charge in [0.25, 0.3) is 5.91 Å². The second-order valence-corrected chi connectivity index (χ2v) is 10.4. The van der Waals surface area contributed by atoms with Gasteiger partial charge in [-0.1, -0.05) is 49.6 Å². The van der Waals surface area contributed by atoms with Gasteiger partial charge in [-0.15, -0.1) is 11.8 Å². The van der Waals surface area contributed by atoms with E-state index in [1.165, 1.54) is 49.1 Å². The van der Waals surface area contributed by atoms with Crippen LogP contribution in [-0.2, 0) is 11.2 Å². The summed E-state index contributed by atoms with van der Waals surface area (Å²) in [6, 6.07) is 15.4. The quantitative estimate of drug-likeness (QED) is 0.590. The molecule has 33 heavy (non-hydrogen) atoms. The molecule has 3 unspecified atom stereocenters. The lowest BCUT2D eigenvalue weighted by atomic mass is 9.88. The van der Waals surface area contributed by atoms with Crippen molar-refractivity contribution in [3.8, 4) is 0 Å². The average Bonchev–Trinajstić information content (AvgIpc) is 3.29. The minimum atomic E-state index is -0.501. The summed E-state index contributed by atoms with van der Waals surface area (Å²) in [5.41, 5.74) is 1.69. The van der Waals surface area contributed by atoms with Gasteiger partial charge in [0.1, 0.15) is 11.9 Å². The molecule has 1 aliphatic carbocycles. The fourth-order valence-corrected chi connectivity index (χ4v) is 6.59. The largest absolute Gasteiger partial charge is 0.352 e. The van der Waals surface area contributed by atoms with Gasteiger partial charge in [0.2, 0.25) is 5.91 Å². The molecule has 3 atom stereocenters. The van der Waals surface area contributed by atoms with Crippen LogP contribution in [0.25, 0.3) is 0 Å². The van der Waals surface area contributed by atoms with Gasteiger partial charge in [0, 0.05) is 17.4 Å². The molecular formula is C27H33FN2O2S. The Hall–Kier alpha value is -2.34. The Morgan fingerprint density at radius 3 is 2.45 bits per heavy atom. The predicted octanol–water partition coefficient (Wildman–Crippen LogP) is 5.43. The second kappa shape index (κ2) is 11.2. The van der Waals surface area contributed by atoms with E-state index < -0.39 is 6.04 Å². The van der Waals surface area contributed by atoms with Crippen LogP contribution in [0.15, 0.2) is 54.6 Å². The van der Waals surface area contributed by atoms with Crippen LogP contribution in [0.4, 0.5) is 4.39 Å². The standard InChI is InChI=1S/C27H33FN2O2S/c1-19(12-13-20-8-4-2-5-9-20)29-25(31)24-18-33-27(22-10-6-3-7-11-22)30(24)26(32)21-14-16-23(28)17-15-21/h2,4-5,8-9,14-17,19,22,24,27H,3,6-7,10-13,18H2,1H3,(H,29,31). The monoisotopic (exact) mass is 468 g/mol. The first-order valence-electron chi connectivity index (χ1n) is 12.1. The molecule has 1 aliphatic heterocycles. The number of carbonyl (C=O) groups is 2. The van der Waals surface area contributed by atoms with Crippen LogP contribution in [0.3, 0.4) is 0 Å². The van der Waals surface area contributed by atoms with Crippen molar-refractivity contribution in [3.05, 3.63) is 71.5 Å². The number of aryl methyl sites for hydroxylation is 1. The summed E-state index contributed by atoms with van der Waals surface area (Å²) in [5, 5.41) is 3.15. The molecule has 1 saturated carbocycles. The van der Waals surface area contributed by atoms with Gasteiger partial charge in [-0.05, 0) is 68.4 Å². The number of rotatable bonds is 7. The molecule has 1 heterocycles. The number of thioether (sulfide) groups is 1. The lowest BCUT2D eigenvalue weighted by molar-refractivity contribution is -0.125. The molecule has 176 valence electrons. The van der Waals surface area contributed by atoms with Crippen LogP contribution in [0.1, 0.15) is 61.4 Å². The maximum absolute atomic E-state index is 13.5. The third-order valence-corrected chi connectivity index (χ3v) is 8.28. The highest BCUT2D eigenvalue weighted by molar-refractivity contribution is 8.00. The average molecular weight is 469 g/mol. The molecule has 0 bridgehead atoms. The molecule has 0 aromatic heterocycles. The Kier molecular flexibility index (Phi) is 8.07. The predicted molar refractivity (Wildman–Crippen MR) is 132 cm³/mol. The first-order valence-corrected chi connectivity index (χ1v) is 13.1. The summed E-state index contributed by atoms with van der Waals surface area (Å²) in [7, 11) is 0. The summed E-state index contributed by atoms with van der Waals surface area (Å²) in [5.74, 6) is 0.379. The number of halogens is 1. The second-order valence-electron chi connectivity index (χ2n) is 9.29. The van der Waals surface area contributed by atoms with Crippen LogP contribution >= 0.6 is 11.8 Å². The highest BCUT2D eigenvalue weighted by Crippen LogP contribution is 2.41. The van der Waals surface area contributed by atoms with Crippen LogP contribution in [0.5, 0.6) is 0 Å². The van der Waals surface area contributed by atoms with Gasteiger partial charge >= 0.3 is 0 Å². The molecule has 2 amide bonds. The summed E-state index contributed by atoms with van der Waals surface area (Å²) in [6.45, 7) is 2.02. The molecule has 0 radical (unpaired) electrons. The molecule has 2 aromatic carbocycles. The highest BCUT2D eigenvalue weighted by Gasteiger charge is 2.45. The van der Waals surface area contributed by atoms with Gasteiger partial charge in [-0.2, -0.15) is 0 Å². The van der Waals surface area contributed by atoms with Crippen LogP contribution in [-0.4, -0.2) is 39.9 Å². The Balaban J connectivity index is 1.46. The molecule has 0 spiro atoms. The van der Waals surface area contributed by atoms with E-state index in [1.807, 2.05) is 25.1 Å². The summed E-state index contributed by atoms with van der Waals surface area (Å²) in [4.78, 5) is 28.6. The first-order chi connectivity index (χ1) is 16.0. The van der Waals surface area contributed by atoms with Crippen molar-refractivity contribution in [2.75, 3.05) is 5.75 Å². The summed E-state index contributed by atoms with van der Waals surface area (Å²) in [6.07, 6.45) is 7.50. The zero-order valence-corrected chi connectivity index (χ0v) is 20.0. The Labute approximate surface area is 200 Å². The van der Waals surface area contributed by atoms with E-state index >= 15 is 0 Å².